The summed E-state index contributed by atoms with van der Waals surface area (Å²) in [5.41, 5.74) is 0.958. The third-order valence-electron chi connectivity index (χ3n) is 3.45. The lowest BCUT2D eigenvalue weighted by atomic mass is 10.2. The van der Waals surface area contributed by atoms with Gasteiger partial charge in [0.1, 0.15) is 12.4 Å². The second-order valence-corrected chi connectivity index (χ2v) is 7.28. The third-order valence-corrected chi connectivity index (χ3v) is 5.32. The van der Waals surface area contributed by atoms with Crippen molar-refractivity contribution in [3.8, 4) is 5.75 Å². The van der Waals surface area contributed by atoms with Crippen LogP contribution in [-0.4, -0.2) is 37.8 Å². The minimum absolute atomic E-state index is 0.00550. The van der Waals surface area contributed by atoms with E-state index in [1.807, 2.05) is 31.2 Å². The fourth-order valence-electron chi connectivity index (χ4n) is 1.97. The predicted octanol–water partition coefficient (Wildman–Crippen LogP) is 2.60. The van der Waals surface area contributed by atoms with Gasteiger partial charge in [0, 0.05) is 25.7 Å². The zero-order valence-corrected chi connectivity index (χ0v) is 14.2. The molecule has 0 bridgehead atoms. The molecule has 2 rings (SSSR count). The van der Waals surface area contributed by atoms with Gasteiger partial charge in [-0.2, -0.15) is 4.31 Å². The quantitative estimate of drug-likeness (QED) is 0.565. The first-order valence-corrected chi connectivity index (χ1v) is 8.65. The summed E-state index contributed by atoms with van der Waals surface area (Å²) in [5.74, 6) is 0.668. The van der Waals surface area contributed by atoms with Crippen molar-refractivity contribution in [2.75, 3.05) is 20.2 Å². The molecule has 2 aromatic carbocycles. The number of non-ortho nitro benzene ring substituents is 1. The van der Waals surface area contributed by atoms with Crippen molar-refractivity contribution in [2.45, 2.75) is 11.8 Å². The molecule has 8 heteroatoms. The van der Waals surface area contributed by atoms with Gasteiger partial charge in [-0.3, -0.25) is 10.1 Å². The molecule has 0 spiro atoms. The Hall–Kier alpha value is -2.45. The molecule has 0 aliphatic rings. The van der Waals surface area contributed by atoms with Crippen LogP contribution in [0.1, 0.15) is 5.56 Å². The van der Waals surface area contributed by atoms with Crippen LogP contribution >= 0.6 is 0 Å². The van der Waals surface area contributed by atoms with Crippen LogP contribution in [0.5, 0.6) is 5.75 Å². The number of likely N-dealkylation sites (N-methyl/N-ethyl adjacent to an activating group) is 1. The maximum Gasteiger partial charge on any atom is 0.269 e. The Balaban J connectivity index is 1.98. The van der Waals surface area contributed by atoms with Crippen molar-refractivity contribution < 1.29 is 18.1 Å². The molecular weight excluding hydrogens is 332 g/mol. The minimum atomic E-state index is -3.71. The highest BCUT2D eigenvalue weighted by Crippen LogP contribution is 2.19. The summed E-state index contributed by atoms with van der Waals surface area (Å²) >= 11 is 0. The van der Waals surface area contributed by atoms with E-state index in [-0.39, 0.29) is 23.7 Å². The molecule has 0 aliphatic carbocycles. The molecular formula is C16H18N2O5S. The summed E-state index contributed by atoms with van der Waals surface area (Å²) in [6.45, 7) is 2.33. The van der Waals surface area contributed by atoms with E-state index in [1.165, 1.54) is 31.3 Å². The zero-order chi connectivity index (χ0) is 17.7. The van der Waals surface area contributed by atoms with E-state index in [0.29, 0.717) is 5.75 Å². The van der Waals surface area contributed by atoms with Gasteiger partial charge in [-0.25, -0.2) is 8.42 Å². The zero-order valence-electron chi connectivity index (χ0n) is 13.4. The Morgan fingerprint density at radius 1 is 1.08 bits per heavy atom. The standard InChI is InChI=1S/C16H18N2O5S/c1-13-3-7-15(8-4-13)23-12-11-17(2)24(21,22)16-9-5-14(6-10-16)18(19)20/h3-10H,11-12H2,1-2H3. The summed E-state index contributed by atoms with van der Waals surface area (Å²) in [5, 5.41) is 10.6. The number of rotatable bonds is 7. The van der Waals surface area contributed by atoms with Crippen molar-refractivity contribution >= 4 is 15.7 Å². The van der Waals surface area contributed by atoms with Crippen molar-refractivity contribution in [3.63, 3.8) is 0 Å². The first kappa shape index (κ1) is 17.9. The second kappa shape index (κ2) is 7.41. The minimum Gasteiger partial charge on any atom is -0.492 e. The summed E-state index contributed by atoms with van der Waals surface area (Å²) in [6.07, 6.45) is 0. The molecule has 2 aromatic rings. The summed E-state index contributed by atoms with van der Waals surface area (Å²) in [7, 11) is -2.27. The average Bonchev–Trinajstić information content (AvgIpc) is 2.56. The predicted molar refractivity (Wildman–Crippen MR) is 89.6 cm³/mol. The summed E-state index contributed by atoms with van der Waals surface area (Å²) in [4.78, 5) is 10.1. The number of benzene rings is 2. The van der Waals surface area contributed by atoms with E-state index in [2.05, 4.69) is 0 Å². The fourth-order valence-corrected chi connectivity index (χ4v) is 3.12. The first-order valence-electron chi connectivity index (χ1n) is 7.21. The highest BCUT2D eigenvalue weighted by molar-refractivity contribution is 7.89. The molecule has 0 atom stereocenters. The lowest BCUT2D eigenvalue weighted by molar-refractivity contribution is -0.384. The van der Waals surface area contributed by atoms with Crippen LogP contribution in [0.15, 0.2) is 53.4 Å². The van der Waals surface area contributed by atoms with Crippen LogP contribution in [0.4, 0.5) is 5.69 Å². The number of sulfonamides is 1. The van der Waals surface area contributed by atoms with Gasteiger partial charge in [0.2, 0.25) is 10.0 Å². The van der Waals surface area contributed by atoms with Crippen molar-refractivity contribution in [1.29, 1.82) is 0 Å². The van der Waals surface area contributed by atoms with E-state index in [1.54, 1.807) is 0 Å². The number of nitro groups is 1. The Bertz CT molecular complexity index is 801. The van der Waals surface area contributed by atoms with Crippen molar-refractivity contribution in [1.82, 2.24) is 4.31 Å². The Morgan fingerprint density at radius 2 is 1.67 bits per heavy atom. The Kier molecular flexibility index (Phi) is 5.53. The van der Waals surface area contributed by atoms with Crippen LogP contribution in [0.2, 0.25) is 0 Å². The van der Waals surface area contributed by atoms with E-state index in [9.17, 15) is 18.5 Å². The first-order chi connectivity index (χ1) is 11.3. The Labute approximate surface area is 140 Å². The lowest BCUT2D eigenvalue weighted by Crippen LogP contribution is -2.31. The van der Waals surface area contributed by atoms with Crippen LogP contribution in [0.25, 0.3) is 0 Å². The number of hydrogen-bond donors (Lipinski definition) is 0. The average molecular weight is 350 g/mol. The molecule has 0 radical (unpaired) electrons. The lowest BCUT2D eigenvalue weighted by Gasteiger charge is -2.17. The van der Waals surface area contributed by atoms with Gasteiger partial charge in [0.05, 0.1) is 9.82 Å². The molecule has 0 saturated carbocycles. The summed E-state index contributed by atoms with van der Waals surface area (Å²) in [6, 6.07) is 12.3. The number of aryl methyl sites for hydroxylation is 1. The van der Waals surface area contributed by atoms with Gasteiger partial charge in [-0.15, -0.1) is 0 Å². The number of nitro benzene ring substituents is 1. The second-order valence-electron chi connectivity index (χ2n) is 5.24. The number of hydrogen-bond acceptors (Lipinski definition) is 5. The monoisotopic (exact) mass is 350 g/mol. The molecule has 24 heavy (non-hydrogen) atoms. The molecule has 0 aliphatic heterocycles. The van der Waals surface area contributed by atoms with Gasteiger partial charge in [0.15, 0.2) is 0 Å². The van der Waals surface area contributed by atoms with E-state index in [0.717, 1.165) is 9.87 Å². The molecule has 0 fully saturated rings. The van der Waals surface area contributed by atoms with E-state index >= 15 is 0 Å². The van der Waals surface area contributed by atoms with E-state index < -0.39 is 14.9 Å². The molecule has 7 nitrogen and oxygen atoms in total. The highest BCUT2D eigenvalue weighted by Gasteiger charge is 2.21. The van der Waals surface area contributed by atoms with Gasteiger partial charge in [-0.05, 0) is 31.2 Å². The van der Waals surface area contributed by atoms with Crippen molar-refractivity contribution in [2.24, 2.45) is 0 Å². The van der Waals surface area contributed by atoms with Crippen LogP contribution in [-0.2, 0) is 10.0 Å². The van der Waals surface area contributed by atoms with E-state index in [4.69, 9.17) is 4.74 Å². The molecule has 128 valence electrons. The number of ether oxygens (including phenoxy) is 1. The molecule has 0 aromatic heterocycles. The van der Waals surface area contributed by atoms with Gasteiger partial charge in [0.25, 0.3) is 5.69 Å². The van der Waals surface area contributed by atoms with Crippen LogP contribution in [0.3, 0.4) is 0 Å². The van der Waals surface area contributed by atoms with Gasteiger partial charge in [-0.1, -0.05) is 17.7 Å². The highest BCUT2D eigenvalue weighted by atomic mass is 32.2. The SMILES string of the molecule is Cc1ccc(OCCN(C)S(=O)(=O)c2ccc([N+](=O)[O-])cc2)cc1. The maximum absolute atomic E-state index is 12.4. The van der Waals surface area contributed by atoms with Gasteiger partial charge >= 0.3 is 0 Å². The molecule has 0 N–H and O–H groups in total. The van der Waals surface area contributed by atoms with Gasteiger partial charge < -0.3 is 4.74 Å². The van der Waals surface area contributed by atoms with Crippen LogP contribution < -0.4 is 4.74 Å². The molecule has 0 heterocycles. The Morgan fingerprint density at radius 3 is 2.21 bits per heavy atom. The molecule has 0 amide bonds. The molecule has 0 saturated heterocycles. The fraction of sp³-hybridized carbons (Fsp3) is 0.250. The molecule has 0 unspecified atom stereocenters. The van der Waals surface area contributed by atoms with Crippen molar-refractivity contribution in [3.05, 3.63) is 64.2 Å². The van der Waals surface area contributed by atoms with Crippen LogP contribution in [0, 0.1) is 17.0 Å². The normalized spacial score (nSPS) is 11.5. The maximum atomic E-state index is 12.4. The summed E-state index contributed by atoms with van der Waals surface area (Å²) < 4.78 is 31.5. The number of nitrogens with zero attached hydrogens (tertiary/aromatic N) is 2. The topological polar surface area (TPSA) is 89.8 Å². The largest absolute Gasteiger partial charge is 0.492 e. The third kappa shape index (κ3) is 4.30. The smallest absolute Gasteiger partial charge is 0.269 e.